The van der Waals surface area contributed by atoms with Crippen molar-refractivity contribution in [2.45, 2.75) is 31.5 Å². The van der Waals surface area contributed by atoms with Gasteiger partial charge in [-0.05, 0) is 30.5 Å². The Morgan fingerprint density at radius 2 is 2.11 bits per heavy atom. The molecule has 3 rings (SSSR count). The lowest BCUT2D eigenvalue weighted by Gasteiger charge is -2.36. The highest BCUT2D eigenvalue weighted by Crippen LogP contribution is 2.27. The Balaban J connectivity index is 1.63. The van der Waals surface area contributed by atoms with Crippen LogP contribution in [0.25, 0.3) is 0 Å². The number of carbonyl (C=O) groups is 1. The van der Waals surface area contributed by atoms with Crippen LogP contribution in [0.1, 0.15) is 24.4 Å². The molecular formula is C17H22FN5O3S. The molecule has 2 aromatic rings. The number of aromatic nitrogens is 2. The number of likely N-dealkylation sites (N-methyl/N-ethyl adjacent to an activating group) is 1. The maximum absolute atomic E-state index is 13.1. The second-order valence-corrected chi connectivity index (χ2v) is 8.20. The fourth-order valence-corrected chi connectivity index (χ4v) is 4.31. The van der Waals surface area contributed by atoms with Crippen molar-refractivity contribution in [3.8, 4) is 0 Å². The number of aryl methyl sites for hydroxylation is 1. The molecule has 2 N–H and O–H groups in total. The quantitative estimate of drug-likeness (QED) is 0.708. The molecule has 1 amide bonds. The Bertz CT molecular complexity index is 870. The Labute approximate surface area is 157 Å². The number of hydrogen-bond donors (Lipinski definition) is 2. The van der Waals surface area contributed by atoms with E-state index in [9.17, 15) is 17.6 Å². The molecule has 10 heteroatoms. The summed E-state index contributed by atoms with van der Waals surface area (Å²) in [6, 6.07) is 4.16. The van der Waals surface area contributed by atoms with Crippen LogP contribution in [-0.2, 0) is 21.5 Å². The van der Waals surface area contributed by atoms with Crippen molar-refractivity contribution in [1.29, 1.82) is 0 Å². The molecular weight excluding hydrogens is 373 g/mol. The zero-order chi connectivity index (χ0) is 19.4. The van der Waals surface area contributed by atoms with Gasteiger partial charge in [-0.2, -0.15) is 17.4 Å². The number of carbonyl (C=O) groups excluding carboxylic acids is 1. The number of amides is 1. The van der Waals surface area contributed by atoms with Gasteiger partial charge in [0.25, 0.3) is 10.2 Å². The molecule has 146 valence electrons. The molecule has 27 heavy (non-hydrogen) atoms. The van der Waals surface area contributed by atoms with Crippen LogP contribution < -0.4 is 10.0 Å². The summed E-state index contributed by atoms with van der Waals surface area (Å²) < 4.78 is 43.4. The van der Waals surface area contributed by atoms with Gasteiger partial charge in [-0.3, -0.25) is 4.79 Å². The van der Waals surface area contributed by atoms with Crippen LogP contribution in [0, 0.1) is 5.82 Å². The highest BCUT2D eigenvalue weighted by Gasteiger charge is 2.40. The van der Waals surface area contributed by atoms with Gasteiger partial charge in [0.05, 0.1) is 6.33 Å². The van der Waals surface area contributed by atoms with Crippen LogP contribution in [-0.4, -0.2) is 47.8 Å². The lowest BCUT2D eigenvalue weighted by Crippen LogP contribution is -2.57. The van der Waals surface area contributed by atoms with Crippen molar-refractivity contribution in [3.63, 3.8) is 0 Å². The van der Waals surface area contributed by atoms with Gasteiger partial charge in [-0.1, -0.05) is 12.1 Å². The van der Waals surface area contributed by atoms with Gasteiger partial charge in [0.1, 0.15) is 11.9 Å². The van der Waals surface area contributed by atoms with Crippen molar-refractivity contribution in [2.24, 2.45) is 0 Å². The average molecular weight is 395 g/mol. The van der Waals surface area contributed by atoms with Gasteiger partial charge in [0.2, 0.25) is 5.91 Å². The van der Waals surface area contributed by atoms with Gasteiger partial charge in [0, 0.05) is 38.6 Å². The largest absolute Gasteiger partial charge is 0.355 e. The van der Waals surface area contributed by atoms with Crippen molar-refractivity contribution in [1.82, 2.24) is 23.9 Å². The molecule has 2 heterocycles. The third kappa shape index (κ3) is 4.71. The molecule has 0 radical (unpaired) electrons. The summed E-state index contributed by atoms with van der Waals surface area (Å²) in [5.41, 5.74) is 0.617. The maximum Gasteiger partial charge on any atom is 0.280 e. The van der Waals surface area contributed by atoms with Crippen molar-refractivity contribution in [2.75, 3.05) is 13.6 Å². The van der Waals surface area contributed by atoms with E-state index in [0.29, 0.717) is 25.1 Å². The molecule has 0 spiro atoms. The van der Waals surface area contributed by atoms with Crippen molar-refractivity contribution in [3.05, 3.63) is 54.4 Å². The summed E-state index contributed by atoms with van der Waals surface area (Å²) in [4.78, 5) is 16.5. The first-order valence-corrected chi connectivity index (χ1v) is 10.0. The molecule has 0 unspecified atom stereocenters. The predicted molar refractivity (Wildman–Crippen MR) is 97.2 cm³/mol. The molecule has 0 saturated carbocycles. The monoisotopic (exact) mass is 395 g/mol. The molecule has 1 aliphatic rings. The Kier molecular flexibility index (Phi) is 5.88. The van der Waals surface area contributed by atoms with E-state index in [1.165, 1.54) is 31.3 Å². The number of imidazole rings is 1. The minimum Gasteiger partial charge on any atom is -0.355 e. The smallest absolute Gasteiger partial charge is 0.280 e. The highest BCUT2D eigenvalue weighted by atomic mass is 32.2. The second-order valence-electron chi connectivity index (χ2n) is 6.44. The third-order valence-electron chi connectivity index (χ3n) is 4.59. The minimum absolute atomic E-state index is 0.259. The summed E-state index contributed by atoms with van der Waals surface area (Å²) in [5.74, 6) is -0.748. The van der Waals surface area contributed by atoms with E-state index >= 15 is 0 Å². The summed E-state index contributed by atoms with van der Waals surface area (Å²) in [6.45, 7) is 1.13. The SMILES string of the molecule is CN1[C@@H](C(=O)NCCCn2ccnc2)C[C@@H](c2ccc(F)cc2)NS1(=O)=O. The zero-order valence-electron chi connectivity index (χ0n) is 14.9. The molecule has 1 saturated heterocycles. The normalized spacial score (nSPS) is 22.4. The number of hydrogen-bond acceptors (Lipinski definition) is 4. The number of nitrogens with zero attached hydrogens (tertiary/aromatic N) is 3. The fraction of sp³-hybridized carbons (Fsp3) is 0.412. The van der Waals surface area contributed by atoms with E-state index in [1.54, 1.807) is 12.5 Å². The van der Waals surface area contributed by atoms with E-state index in [0.717, 1.165) is 4.31 Å². The number of benzene rings is 1. The highest BCUT2D eigenvalue weighted by molar-refractivity contribution is 7.87. The van der Waals surface area contributed by atoms with Crippen LogP contribution in [0.15, 0.2) is 43.0 Å². The van der Waals surface area contributed by atoms with E-state index in [-0.39, 0.29) is 12.3 Å². The standard InChI is InChI=1S/C17H22FN5O3S/c1-22-16(17(24)20-7-2-9-23-10-8-19-12-23)11-15(21-27(22,25)26)13-3-5-14(18)6-4-13/h3-6,8,10,12,15-16,21H,2,7,9,11H2,1H3,(H,20,24)/t15-,16+/m0/s1. The zero-order valence-corrected chi connectivity index (χ0v) is 15.7. The van der Waals surface area contributed by atoms with Gasteiger partial charge in [-0.25, -0.2) is 9.37 Å². The second kappa shape index (κ2) is 8.15. The Morgan fingerprint density at radius 3 is 2.78 bits per heavy atom. The molecule has 8 nitrogen and oxygen atoms in total. The first-order chi connectivity index (χ1) is 12.9. The molecule has 1 aliphatic heterocycles. The van der Waals surface area contributed by atoms with Gasteiger partial charge < -0.3 is 9.88 Å². The van der Waals surface area contributed by atoms with Crippen LogP contribution in [0.3, 0.4) is 0 Å². The van der Waals surface area contributed by atoms with Crippen LogP contribution >= 0.6 is 0 Å². The molecule has 1 fully saturated rings. The topological polar surface area (TPSA) is 96.3 Å². The van der Waals surface area contributed by atoms with Crippen LogP contribution in [0.5, 0.6) is 0 Å². The first kappa shape index (κ1) is 19.5. The number of nitrogens with one attached hydrogen (secondary N) is 2. The summed E-state index contributed by atoms with van der Waals surface area (Å²) >= 11 is 0. The lowest BCUT2D eigenvalue weighted by molar-refractivity contribution is -0.125. The van der Waals surface area contributed by atoms with Gasteiger partial charge >= 0.3 is 0 Å². The fourth-order valence-electron chi connectivity index (χ4n) is 3.03. The minimum atomic E-state index is -3.81. The molecule has 1 aromatic heterocycles. The first-order valence-electron chi connectivity index (χ1n) is 8.61. The Hall–Kier alpha value is -2.30. The molecule has 0 bridgehead atoms. The number of rotatable bonds is 6. The van der Waals surface area contributed by atoms with E-state index < -0.39 is 28.1 Å². The molecule has 2 atom stereocenters. The Morgan fingerprint density at radius 1 is 1.37 bits per heavy atom. The molecule has 0 aliphatic carbocycles. The van der Waals surface area contributed by atoms with E-state index in [2.05, 4.69) is 15.0 Å². The van der Waals surface area contributed by atoms with Gasteiger partial charge in [0.15, 0.2) is 0 Å². The van der Waals surface area contributed by atoms with Crippen molar-refractivity contribution < 1.29 is 17.6 Å². The lowest BCUT2D eigenvalue weighted by atomic mass is 9.99. The van der Waals surface area contributed by atoms with Crippen LogP contribution in [0.2, 0.25) is 0 Å². The maximum atomic E-state index is 13.1. The molecule has 1 aromatic carbocycles. The predicted octanol–water partition coefficient (Wildman–Crippen LogP) is 0.808. The van der Waals surface area contributed by atoms with E-state index in [1.807, 2.05) is 10.8 Å². The van der Waals surface area contributed by atoms with Crippen LogP contribution in [0.4, 0.5) is 4.39 Å². The average Bonchev–Trinajstić information content (AvgIpc) is 3.15. The summed E-state index contributed by atoms with van der Waals surface area (Å²) in [6.07, 6.45) is 6.17. The van der Waals surface area contributed by atoms with E-state index in [4.69, 9.17) is 0 Å². The number of halogens is 1. The summed E-state index contributed by atoms with van der Waals surface area (Å²) in [5, 5.41) is 2.80. The third-order valence-corrected chi connectivity index (χ3v) is 6.19. The van der Waals surface area contributed by atoms with Crippen molar-refractivity contribution >= 4 is 16.1 Å². The summed E-state index contributed by atoms with van der Waals surface area (Å²) in [7, 11) is -2.44. The van der Waals surface area contributed by atoms with Gasteiger partial charge in [-0.15, -0.1) is 0 Å².